The molecule has 1 saturated heterocycles. The Balaban J connectivity index is 1.62. The van der Waals surface area contributed by atoms with Gasteiger partial charge >= 0.3 is 0 Å². The monoisotopic (exact) mass is 318 g/mol. The first-order chi connectivity index (χ1) is 11.2. The van der Waals surface area contributed by atoms with Crippen molar-refractivity contribution in [3.05, 3.63) is 18.2 Å². The van der Waals surface area contributed by atoms with Crippen molar-refractivity contribution >= 4 is 17.6 Å². The van der Waals surface area contributed by atoms with E-state index in [1.807, 2.05) is 18.3 Å². The van der Waals surface area contributed by atoms with E-state index >= 15 is 0 Å². The summed E-state index contributed by atoms with van der Waals surface area (Å²) in [5.41, 5.74) is 8.24. The number of fused-ring (bicyclic) bond motifs is 1. The van der Waals surface area contributed by atoms with Crippen LogP contribution in [0.25, 0.3) is 0 Å². The number of hydrogen-bond acceptors (Lipinski definition) is 6. The molecule has 6 heteroatoms. The van der Waals surface area contributed by atoms with Gasteiger partial charge in [-0.1, -0.05) is 0 Å². The summed E-state index contributed by atoms with van der Waals surface area (Å²) in [5.74, 6) is 0.870. The fraction of sp³-hybridized carbons (Fsp3) is 0.588. The van der Waals surface area contributed by atoms with Gasteiger partial charge in [-0.15, -0.1) is 0 Å². The van der Waals surface area contributed by atoms with Crippen LogP contribution >= 0.6 is 0 Å². The first kappa shape index (κ1) is 16.2. The molecule has 23 heavy (non-hydrogen) atoms. The molecule has 3 rings (SSSR count). The summed E-state index contributed by atoms with van der Waals surface area (Å²) in [6.45, 7) is 4.73. The van der Waals surface area contributed by atoms with Crippen molar-refractivity contribution in [2.24, 2.45) is 10.7 Å². The predicted molar refractivity (Wildman–Crippen MR) is 93.2 cm³/mol. The molecule has 1 aromatic rings. The molecule has 2 atom stereocenters. The summed E-state index contributed by atoms with van der Waals surface area (Å²) in [5, 5.41) is 0. The zero-order valence-electron chi connectivity index (χ0n) is 13.9. The van der Waals surface area contributed by atoms with E-state index in [1.165, 1.54) is 0 Å². The largest absolute Gasteiger partial charge is 0.497 e. The van der Waals surface area contributed by atoms with Crippen molar-refractivity contribution < 1.29 is 9.47 Å². The van der Waals surface area contributed by atoms with E-state index in [4.69, 9.17) is 15.2 Å². The van der Waals surface area contributed by atoms with Crippen LogP contribution in [0, 0.1) is 0 Å². The molecule has 0 radical (unpaired) electrons. The minimum Gasteiger partial charge on any atom is -0.497 e. The van der Waals surface area contributed by atoms with Crippen LogP contribution in [0.1, 0.15) is 6.42 Å². The van der Waals surface area contributed by atoms with Crippen molar-refractivity contribution in [1.29, 1.82) is 0 Å². The maximum Gasteiger partial charge on any atom is 0.121 e. The summed E-state index contributed by atoms with van der Waals surface area (Å²) in [6, 6.07) is 6.19. The maximum atomic E-state index is 6.09. The van der Waals surface area contributed by atoms with Gasteiger partial charge in [0.05, 0.1) is 31.1 Å². The van der Waals surface area contributed by atoms with Crippen molar-refractivity contribution in [3.8, 4) is 5.75 Å². The molecule has 0 spiro atoms. The quantitative estimate of drug-likeness (QED) is 0.886. The Kier molecular flexibility index (Phi) is 5.15. The molecule has 0 unspecified atom stereocenters. The number of nitrogens with zero attached hydrogens (tertiary/aromatic N) is 3. The second-order valence-corrected chi connectivity index (χ2v) is 6.14. The number of methoxy groups -OCH3 is 2. The van der Waals surface area contributed by atoms with E-state index in [0.717, 1.165) is 56.3 Å². The number of aliphatic imine (C=N–C) groups is 1. The SMILES string of the molecule is COc1ccc2c(c1)N(CCN1CC[C@@H](N)[C@@H](OC)C1)CC=N2. The highest BCUT2D eigenvalue weighted by atomic mass is 16.5. The molecule has 0 aliphatic carbocycles. The Morgan fingerprint density at radius 3 is 2.96 bits per heavy atom. The van der Waals surface area contributed by atoms with Gasteiger partial charge in [-0.2, -0.15) is 0 Å². The molecule has 0 saturated carbocycles. The lowest BCUT2D eigenvalue weighted by Gasteiger charge is -2.37. The molecule has 1 fully saturated rings. The number of hydrogen-bond donors (Lipinski definition) is 1. The topological polar surface area (TPSA) is 63.3 Å². The number of anilines is 1. The van der Waals surface area contributed by atoms with Gasteiger partial charge in [0.25, 0.3) is 0 Å². The summed E-state index contributed by atoms with van der Waals surface area (Å²) in [4.78, 5) is 9.26. The third-order valence-corrected chi connectivity index (χ3v) is 4.74. The molecular formula is C17H26N4O2. The van der Waals surface area contributed by atoms with Crippen LogP contribution in [0.15, 0.2) is 23.2 Å². The molecule has 1 aromatic carbocycles. The molecule has 2 heterocycles. The van der Waals surface area contributed by atoms with E-state index in [1.54, 1.807) is 14.2 Å². The molecule has 0 aromatic heterocycles. The Labute approximate surface area is 137 Å². The summed E-state index contributed by atoms with van der Waals surface area (Å²) in [7, 11) is 3.44. The van der Waals surface area contributed by atoms with Gasteiger partial charge < -0.3 is 20.1 Å². The number of rotatable bonds is 5. The third kappa shape index (κ3) is 3.65. The lowest BCUT2D eigenvalue weighted by atomic mass is 10.0. The summed E-state index contributed by atoms with van der Waals surface area (Å²) >= 11 is 0. The normalized spacial score (nSPS) is 24.6. The maximum absolute atomic E-state index is 6.09. The van der Waals surface area contributed by atoms with E-state index in [-0.39, 0.29) is 12.1 Å². The Morgan fingerprint density at radius 2 is 2.17 bits per heavy atom. The van der Waals surface area contributed by atoms with Crippen molar-refractivity contribution in [2.45, 2.75) is 18.6 Å². The molecule has 6 nitrogen and oxygen atoms in total. The van der Waals surface area contributed by atoms with Crippen LogP contribution in [0.5, 0.6) is 5.75 Å². The fourth-order valence-electron chi connectivity index (χ4n) is 3.25. The van der Waals surface area contributed by atoms with Gasteiger partial charge in [0, 0.05) is 45.1 Å². The molecule has 0 amide bonds. The van der Waals surface area contributed by atoms with E-state index in [2.05, 4.69) is 20.9 Å². The number of nitrogens with two attached hydrogens (primary N) is 1. The van der Waals surface area contributed by atoms with E-state index < -0.39 is 0 Å². The second kappa shape index (κ2) is 7.29. The van der Waals surface area contributed by atoms with Crippen LogP contribution in [0.4, 0.5) is 11.4 Å². The van der Waals surface area contributed by atoms with Crippen LogP contribution in [0.2, 0.25) is 0 Å². The van der Waals surface area contributed by atoms with Gasteiger partial charge in [-0.25, -0.2) is 0 Å². The minimum absolute atomic E-state index is 0.138. The number of piperidine rings is 1. The van der Waals surface area contributed by atoms with Crippen LogP contribution in [-0.2, 0) is 4.74 Å². The van der Waals surface area contributed by atoms with Crippen LogP contribution in [-0.4, -0.2) is 70.2 Å². The van der Waals surface area contributed by atoms with Gasteiger partial charge in [-0.3, -0.25) is 9.89 Å². The smallest absolute Gasteiger partial charge is 0.121 e. The minimum atomic E-state index is 0.138. The van der Waals surface area contributed by atoms with Gasteiger partial charge in [0.2, 0.25) is 0 Å². The Bertz CT molecular complexity index is 564. The fourth-order valence-corrected chi connectivity index (χ4v) is 3.25. The number of ether oxygens (including phenoxy) is 2. The van der Waals surface area contributed by atoms with Gasteiger partial charge in [-0.05, 0) is 25.1 Å². The molecule has 2 aliphatic heterocycles. The summed E-state index contributed by atoms with van der Waals surface area (Å²) in [6.07, 6.45) is 3.10. The molecule has 2 N–H and O–H groups in total. The average molecular weight is 318 g/mol. The Hall–Kier alpha value is -1.63. The molecule has 2 aliphatic rings. The van der Waals surface area contributed by atoms with E-state index in [9.17, 15) is 0 Å². The van der Waals surface area contributed by atoms with Gasteiger partial charge in [0.1, 0.15) is 5.75 Å². The first-order valence-corrected chi connectivity index (χ1v) is 8.17. The number of benzene rings is 1. The highest BCUT2D eigenvalue weighted by Gasteiger charge is 2.26. The van der Waals surface area contributed by atoms with Crippen molar-refractivity contribution in [2.75, 3.05) is 51.8 Å². The van der Waals surface area contributed by atoms with Crippen molar-refractivity contribution in [3.63, 3.8) is 0 Å². The van der Waals surface area contributed by atoms with Gasteiger partial charge in [0.15, 0.2) is 0 Å². The molecular weight excluding hydrogens is 292 g/mol. The standard InChI is InChI=1S/C17H26N4O2/c1-22-13-3-4-15-16(11-13)21(8-6-19-15)10-9-20-7-5-14(18)17(12-20)23-2/h3-4,6,11,14,17H,5,7-10,12,18H2,1-2H3/t14-,17+/m1/s1. The zero-order chi connectivity index (χ0) is 16.2. The molecule has 0 bridgehead atoms. The Morgan fingerprint density at radius 1 is 1.30 bits per heavy atom. The van der Waals surface area contributed by atoms with Crippen LogP contribution in [0.3, 0.4) is 0 Å². The van der Waals surface area contributed by atoms with Crippen molar-refractivity contribution in [1.82, 2.24) is 4.90 Å². The summed E-state index contributed by atoms with van der Waals surface area (Å²) < 4.78 is 10.8. The number of likely N-dealkylation sites (tertiary alicyclic amines) is 1. The lowest BCUT2D eigenvalue weighted by Crippen LogP contribution is -2.52. The average Bonchev–Trinajstić information content (AvgIpc) is 2.60. The highest BCUT2D eigenvalue weighted by molar-refractivity contribution is 5.82. The third-order valence-electron chi connectivity index (χ3n) is 4.74. The second-order valence-electron chi connectivity index (χ2n) is 6.14. The first-order valence-electron chi connectivity index (χ1n) is 8.17. The zero-order valence-corrected chi connectivity index (χ0v) is 13.9. The lowest BCUT2D eigenvalue weighted by molar-refractivity contribution is 0.0178. The van der Waals surface area contributed by atoms with E-state index in [0.29, 0.717) is 0 Å². The highest BCUT2D eigenvalue weighted by Crippen LogP contribution is 2.34. The van der Waals surface area contributed by atoms with Crippen LogP contribution < -0.4 is 15.4 Å². The molecule has 126 valence electrons. The predicted octanol–water partition coefficient (Wildman–Crippen LogP) is 1.27.